The number of hydrogen-bond donors (Lipinski definition) is 1. The van der Waals surface area contributed by atoms with Crippen molar-refractivity contribution < 1.29 is 18.0 Å². The van der Waals surface area contributed by atoms with Crippen LogP contribution in [0.3, 0.4) is 0 Å². The summed E-state index contributed by atoms with van der Waals surface area (Å²) in [5.41, 5.74) is 1.32. The number of rotatable bonds is 7. The fourth-order valence-electron chi connectivity index (χ4n) is 5.89. The van der Waals surface area contributed by atoms with E-state index in [-0.39, 0.29) is 28.6 Å². The number of hydrogen-bond acceptors (Lipinski definition) is 4. The molecule has 1 aliphatic heterocycles. The third kappa shape index (κ3) is 4.95. The van der Waals surface area contributed by atoms with Crippen LogP contribution in [0.4, 0.5) is 18.9 Å². The molecule has 2 aliphatic carbocycles. The SMILES string of the molecule is Cn1c(Cc2cccc(N3Cc4c(cc(CNC5(C)CCC5)cc4C(F)(F)F)C3=O)c2)nnc1C1CC(Cl)C1. The van der Waals surface area contributed by atoms with Gasteiger partial charge in [0.15, 0.2) is 0 Å². The number of aromatic nitrogens is 3. The van der Waals surface area contributed by atoms with Gasteiger partial charge in [-0.25, -0.2) is 0 Å². The Morgan fingerprint density at radius 3 is 2.56 bits per heavy atom. The van der Waals surface area contributed by atoms with Crippen molar-refractivity contribution in [2.24, 2.45) is 7.05 Å². The van der Waals surface area contributed by atoms with Gasteiger partial charge in [-0.2, -0.15) is 13.2 Å². The van der Waals surface area contributed by atoms with Crippen LogP contribution in [0.25, 0.3) is 0 Å². The maximum Gasteiger partial charge on any atom is 0.416 e. The molecule has 206 valence electrons. The molecule has 2 saturated carbocycles. The zero-order chi connectivity index (χ0) is 27.5. The predicted molar refractivity (Wildman–Crippen MR) is 143 cm³/mol. The van der Waals surface area contributed by atoms with Crippen molar-refractivity contribution in [3.63, 3.8) is 0 Å². The minimum absolute atomic E-state index is 0.0348. The minimum atomic E-state index is -4.55. The van der Waals surface area contributed by atoms with Crippen LogP contribution >= 0.6 is 11.6 Å². The lowest BCUT2D eigenvalue weighted by molar-refractivity contribution is -0.138. The van der Waals surface area contributed by atoms with Crippen molar-refractivity contribution >= 4 is 23.2 Å². The van der Waals surface area contributed by atoms with E-state index < -0.39 is 17.6 Å². The van der Waals surface area contributed by atoms with Crippen LogP contribution in [0.5, 0.6) is 0 Å². The summed E-state index contributed by atoms with van der Waals surface area (Å²) in [5, 5.41) is 12.3. The van der Waals surface area contributed by atoms with E-state index in [4.69, 9.17) is 11.6 Å². The third-order valence-corrected chi connectivity index (χ3v) is 8.97. The van der Waals surface area contributed by atoms with Crippen molar-refractivity contribution in [1.29, 1.82) is 0 Å². The fraction of sp³-hybridized carbons (Fsp3) is 0.483. The lowest BCUT2D eigenvalue weighted by Crippen LogP contribution is -2.47. The second-order valence-corrected chi connectivity index (χ2v) is 12.1. The summed E-state index contributed by atoms with van der Waals surface area (Å²) >= 11 is 6.14. The van der Waals surface area contributed by atoms with Gasteiger partial charge in [-0.15, -0.1) is 21.8 Å². The first-order valence-corrected chi connectivity index (χ1v) is 13.9. The Morgan fingerprint density at radius 1 is 1.13 bits per heavy atom. The van der Waals surface area contributed by atoms with Gasteiger partial charge >= 0.3 is 6.18 Å². The Hall–Kier alpha value is -2.91. The van der Waals surface area contributed by atoms with Gasteiger partial charge in [-0.1, -0.05) is 12.1 Å². The normalized spacial score (nSPS) is 22.0. The molecular weight excluding hydrogens is 527 g/mol. The molecule has 0 saturated heterocycles. The molecule has 3 aromatic rings. The summed E-state index contributed by atoms with van der Waals surface area (Å²) in [5.74, 6) is 1.60. The molecule has 2 heterocycles. The average molecular weight is 558 g/mol. The van der Waals surface area contributed by atoms with Gasteiger partial charge in [0.2, 0.25) is 0 Å². The molecular formula is C29H31ClF3N5O. The second kappa shape index (κ2) is 9.63. The van der Waals surface area contributed by atoms with Crippen LogP contribution in [-0.4, -0.2) is 31.6 Å². The molecule has 0 atom stereocenters. The van der Waals surface area contributed by atoms with Crippen LogP contribution in [0.15, 0.2) is 36.4 Å². The van der Waals surface area contributed by atoms with Crippen LogP contribution < -0.4 is 10.2 Å². The molecule has 0 spiro atoms. The van der Waals surface area contributed by atoms with Crippen LogP contribution in [0.2, 0.25) is 0 Å². The smallest absolute Gasteiger partial charge is 0.318 e. The van der Waals surface area contributed by atoms with E-state index in [1.165, 1.54) is 11.0 Å². The first-order valence-electron chi connectivity index (χ1n) is 13.4. The van der Waals surface area contributed by atoms with Gasteiger partial charge in [-0.3, -0.25) is 4.79 Å². The second-order valence-electron chi connectivity index (χ2n) is 11.5. The van der Waals surface area contributed by atoms with E-state index in [2.05, 4.69) is 22.4 Å². The number of anilines is 1. The van der Waals surface area contributed by atoms with Gasteiger partial charge in [0.05, 0.1) is 12.1 Å². The zero-order valence-corrected chi connectivity index (χ0v) is 22.7. The lowest BCUT2D eigenvalue weighted by atomic mass is 9.78. The number of alkyl halides is 4. The Kier molecular flexibility index (Phi) is 6.50. The number of amides is 1. The highest BCUT2D eigenvalue weighted by Crippen LogP contribution is 2.41. The molecule has 0 radical (unpaired) electrons. The predicted octanol–water partition coefficient (Wildman–Crippen LogP) is 6.10. The summed E-state index contributed by atoms with van der Waals surface area (Å²) in [6, 6.07) is 10.2. The molecule has 10 heteroatoms. The quantitative estimate of drug-likeness (QED) is 0.356. The zero-order valence-electron chi connectivity index (χ0n) is 22.0. The van der Waals surface area contributed by atoms with Crippen LogP contribution in [0.1, 0.15) is 89.2 Å². The monoisotopic (exact) mass is 557 g/mol. The standard InChI is InChI=1S/C29H31ClF3N5O/c1-28(7-4-8-28)34-15-18-10-22-23(24(11-18)29(31,32)33)16-38(27(22)39)21-6-3-5-17(9-21)12-25-35-36-26(37(25)2)19-13-20(30)14-19/h3,5-6,9-11,19-20,34H,4,7-8,12-16H2,1-2H3. The largest absolute Gasteiger partial charge is 0.416 e. The number of fused-ring (bicyclic) bond motifs is 1. The van der Waals surface area contributed by atoms with Crippen LogP contribution in [0, 0.1) is 0 Å². The van der Waals surface area contributed by atoms with Crippen molar-refractivity contribution in [2.45, 2.75) is 81.5 Å². The molecule has 6 nitrogen and oxygen atoms in total. The third-order valence-electron chi connectivity index (χ3n) is 8.61. The molecule has 3 aliphatic rings. The van der Waals surface area contributed by atoms with Crippen LogP contribution in [-0.2, 0) is 32.7 Å². The summed E-state index contributed by atoms with van der Waals surface area (Å²) in [7, 11) is 1.94. The average Bonchev–Trinajstić information content (AvgIpc) is 3.38. The van der Waals surface area contributed by atoms with E-state index in [0.717, 1.165) is 49.3 Å². The van der Waals surface area contributed by atoms with Gasteiger partial charge in [0.1, 0.15) is 11.6 Å². The summed E-state index contributed by atoms with van der Waals surface area (Å²) < 4.78 is 44.3. The molecule has 1 N–H and O–H groups in total. The number of benzene rings is 2. The highest BCUT2D eigenvalue weighted by molar-refractivity contribution is 6.21. The minimum Gasteiger partial charge on any atom is -0.318 e. The van der Waals surface area contributed by atoms with E-state index in [9.17, 15) is 18.0 Å². The van der Waals surface area contributed by atoms with E-state index in [1.807, 2.05) is 29.8 Å². The molecule has 2 aromatic carbocycles. The highest BCUT2D eigenvalue weighted by Gasteiger charge is 2.41. The molecule has 6 rings (SSSR count). The number of halogens is 4. The van der Waals surface area contributed by atoms with Crippen molar-refractivity contribution in [1.82, 2.24) is 20.1 Å². The molecule has 0 bridgehead atoms. The Bertz CT molecular complexity index is 1420. The Morgan fingerprint density at radius 2 is 1.90 bits per heavy atom. The van der Waals surface area contributed by atoms with E-state index >= 15 is 0 Å². The molecule has 2 fully saturated rings. The number of nitrogens with one attached hydrogen (secondary N) is 1. The van der Waals surface area contributed by atoms with Crippen molar-refractivity contribution in [3.05, 3.63) is 75.9 Å². The maximum absolute atomic E-state index is 14.1. The number of carbonyl (C=O) groups is 1. The summed E-state index contributed by atoms with van der Waals surface area (Å²) in [4.78, 5) is 14.9. The molecule has 0 unspecified atom stereocenters. The number of nitrogens with zero attached hydrogens (tertiary/aromatic N) is 4. The van der Waals surface area contributed by atoms with E-state index in [0.29, 0.717) is 30.1 Å². The first kappa shape index (κ1) is 26.3. The molecule has 39 heavy (non-hydrogen) atoms. The van der Waals surface area contributed by atoms with Gasteiger partial charge in [0, 0.05) is 48.1 Å². The highest BCUT2D eigenvalue weighted by atomic mass is 35.5. The summed E-state index contributed by atoms with van der Waals surface area (Å²) in [6.07, 6.45) is 0.821. The topological polar surface area (TPSA) is 63.0 Å². The van der Waals surface area contributed by atoms with Gasteiger partial charge in [0.25, 0.3) is 5.91 Å². The fourth-order valence-corrected chi connectivity index (χ4v) is 6.32. The summed E-state index contributed by atoms with van der Waals surface area (Å²) in [6.45, 7) is 2.26. The Labute approximate surface area is 230 Å². The molecule has 1 amide bonds. The Balaban J connectivity index is 1.24. The maximum atomic E-state index is 14.1. The van der Waals surface area contributed by atoms with Crippen molar-refractivity contribution in [2.75, 3.05) is 4.90 Å². The van der Waals surface area contributed by atoms with Gasteiger partial charge < -0.3 is 14.8 Å². The number of carbonyl (C=O) groups excluding carboxylic acids is 1. The van der Waals surface area contributed by atoms with Crippen molar-refractivity contribution in [3.8, 4) is 0 Å². The molecule has 1 aromatic heterocycles. The van der Waals surface area contributed by atoms with Gasteiger partial charge in [-0.05, 0) is 80.0 Å². The first-order chi connectivity index (χ1) is 18.5. The lowest BCUT2D eigenvalue weighted by Gasteiger charge is -2.39. The van der Waals surface area contributed by atoms with E-state index in [1.54, 1.807) is 12.1 Å².